The Kier molecular flexibility index (Phi) is 2.86. The summed E-state index contributed by atoms with van der Waals surface area (Å²) in [5.74, 6) is 2.13. The Hall–Kier alpha value is 0.270. The first-order valence-corrected chi connectivity index (χ1v) is 6.20. The molecule has 0 aromatic heterocycles. The van der Waals surface area contributed by atoms with Crippen LogP contribution in [0.25, 0.3) is 0 Å². The molecule has 0 radical (unpaired) electrons. The van der Waals surface area contributed by atoms with Gasteiger partial charge in [-0.3, -0.25) is 5.32 Å². The van der Waals surface area contributed by atoms with Crippen molar-refractivity contribution in [1.82, 2.24) is 5.32 Å². The predicted octanol–water partition coefficient (Wildman–Crippen LogP) is 1.85. The number of hydrogen-bond acceptors (Lipinski definition) is 3. The molecule has 1 aliphatic heterocycles. The van der Waals surface area contributed by atoms with Crippen LogP contribution >= 0.6 is 11.8 Å². The molecular weight excluding hydrogens is 182 g/mol. The largest absolute Gasteiger partial charge is 0.382 e. The van der Waals surface area contributed by atoms with Gasteiger partial charge in [0, 0.05) is 18.9 Å². The highest BCUT2D eigenvalue weighted by atomic mass is 32.2. The number of rotatable bonds is 4. The van der Waals surface area contributed by atoms with E-state index in [9.17, 15) is 0 Å². The lowest BCUT2D eigenvalue weighted by molar-refractivity contribution is 0.142. The van der Waals surface area contributed by atoms with Crippen LogP contribution in [-0.4, -0.2) is 30.4 Å². The molecule has 2 aliphatic rings. The first-order valence-electron chi connectivity index (χ1n) is 5.21. The fourth-order valence-electron chi connectivity index (χ4n) is 2.10. The van der Waals surface area contributed by atoms with Crippen LogP contribution in [0.15, 0.2) is 0 Å². The van der Waals surface area contributed by atoms with Crippen molar-refractivity contribution in [3.05, 3.63) is 0 Å². The van der Waals surface area contributed by atoms with Gasteiger partial charge in [-0.2, -0.15) is 0 Å². The van der Waals surface area contributed by atoms with Gasteiger partial charge in [0.1, 0.15) is 0 Å². The summed E-state index contributed by atoms with van der Waals surface area (Å²) in [6.45, 7) is 3.13. The monoisotopic (exact) mass is 201 g/mol. The molecule has 76 valence electrons. The Morgan fingerprint density at radius 2 is 2.31 bits per heavy atom. The SMILES string of the molecule is CCC1CSC(COC)(C2CC2)N1. The molecule has 0 aromatic rings. The van der Waals surface area contributed by atoms with Gasteiger partial charge in [-0.05, 0) is 25.2 Å². The number of thioether (sulfide) groups is 1. The zero-order valence-electron chi connectivity index (χ0n) is 8.51. The summed E-state index contributed by atoms with van der Waals surface area (Å²) in [5, 5.41) is 3.75. The molecule has 1 saturated heterocycles. The summed E-state index contributed by atoms with van der Waals surface area (Å²) in [4.78, 5) is 0.273. The molecule has 1 aliphatic carbocycles. The molecule has 2 fully saturated rings. The highest BCUT2D eigenvalue weighted by Gasteiger charge is 2.49. The Morgan fingerprint density at radius 3 is 2.77 bits per heavy atom. The highest BCUT2D eigenvalue weighted by Crippen LogP contribution is 2.49. The van der Waals surface area contributed by atoms with E-state index in [-0.39, 0.29) is 4.87 Å². The fraction of sp³-hybridized carbons (Fsp3) is 1.00. The lowest BCUT2D eigenvalue weighted by atomic mass is 10.1. The van der Waals surface area contributed by atoms with E-state index in [1.165, 1.54) is 25.0 Å². The van der Waals surface area contributed by atoms with Gasteiger partial charge in [-0.15, -0.1) is 11.8 Å². The third-order valence-corrected chi connectivity index (χ3v) is 4.73. The van der Waals surface area contributed by atoms with Crippen molar-refractivity contribution in [3.63, 3.8) is 0 Å². The van der Waals surface area contributed by atoms with E-state index >= 15 is 0 Å². The third kappa shape index (κ3) is 1.88. The van der Waals surface area contributed by atoms with Gasteiger partial charge in [0.2, 0.25) is 0 Å². The fourth-order valence-corrected chi connectivity index (χ4v) is 3.84. The molecule has 2 rings (SSSR count). The van der Waals surface area contributed by atoms with Crippen molar-refractivity contribution in [2.75, 3.05) is 19.5 Å². The van der Waals surface area contributed by atoms with Gasteiger partial charge in [0.15, 0.2) is 0 Å². The van der Waals surface area contributed by atoms with E-state index in [4.69, 9.17) is 4.74 Å². The molecule has 0 aromatic carbocycles. The van der Waals surface area contributed by atoms with E-state index in [0.717, 1.165) is 12.5 Å². The normalized spacial score (nSPS) is 39.7. The minimum absolute atomic E-state index is 0.273. The van der Waals surface area contributed by atoms with Gasteiger partial charge in [0.05, 0.1) is 11.5 Å². The average Bonchev–Trinajstić information content (AvgIpc) is 2.91. The maximum Gasteiger partial charge on any atom is 0.0912 e. The van der Waals surface area contributed by atoms with Crippen LogP contribution < -0.4 is 5.32 Å². The van der Waals surface area contributed by atoms with E-state index in [1.807, 2.05) is 7.11 Å². The minimum Gasteiger partial charge on any atom is -0.382 e. The standard InChI is InChI=1S/C10H19NOS/c1-3-9-6-13-10(11-9,7-12-2)8-4-5-8/h8-9,11H,3-7H2,1-2H3. The van der Waals surface area contributed by atoms with Crippen LogP contribution in [0, 0.1) is 5.92 Å². The molecule has 2 atom stereocenters. The maximum absolute atomic E-state index is 5.34. The molecule has 2 unspecified atom stereocenters. The van der Waals surface area contributed by atoms with Gasteiger partial charge in [-0.25, -0.2) is 0 Å². The summed E-state index contributed by atoms with van der Waals surface area (Å²) in [5.41, 5.74) is 0. The van der Waals surface area contributed by atoms with Crippen molar-refractivity contribution in [1.29, 1.82) is 0 Å². The van der Waals surface area contributed by atoms with E-state index in [2.05, 4.69) is 24.0 Å². The van der Waals surface area contributed by atoms with E-state index in [1.54, 1.807) is 0 Å². The van der Waals surface area contributed by atoms with Crippen LogP contribution in [0.3, 0.4) is 0 Å². The quantitative estimate of drug-likeness (QED) is 0.750. The van der Waals surface area contributed by atoms with Gasteiger partial charge in [0.25, 0.3) is 0 Å². The number of hydrogen-bond donors (Lipinski definition) is 1. The zero-order valence-corrected chi connectivity index (χ0v) is 9.32. The van der Waals surface area contributed by atoms with Crippen molar-refractivity contribution in [2.24, 2.45) is 5.92 Å². The number of nitrogens with one attached hydrogen (secondary N) is 1. The van der Waals surface area contributed by atoms with E-state index in [0.29, 0.717) is 6.04 Å². The zero-order chi connectivity index (χ0) is 9.31. The summed E-state index contributed by atoms with van der Waals surface area (Å²) >= 11 is 2.08. The van der Waals surface area contributed by atoms with E-state index < -0.39 is 0 Å². The Balaban J connectivity index is 1.98. The second kappa shape index (κ2) is 3.79. The Bertz CT molecular complexity index is 184. The number of methoxy groups -OCH3 is 1. The number of ether oxygens (including phenoxy) is 1. The van der Waals surface area contributed by atoms with Crippen LogP contribution in [0.4, 0.5) is 0 Å². The predicted molar refractivity (Wildman–Crippen MR) is 57.0 cm³/mol. The Labute approximate surface area is 84.8 Å². The van der Waals surface area contributed by atoms with Crippen molar-refractivity contribution in [2.45, 2.75) is 37.1 Å². The average molecular weight is 201 g/mol. The van der Waals surface area contributed by atoms with Crippen LogP contribution in [0.2, 0.25) is 0 Å². The minimum atomic E-state index is 0.273. The molecule has 1 saturated carbocycles. The second-order valence-electron chi connectivity index (χ2n) is 4.16. The first kappa shape index (κ1) is 9.81. The molecule has 1 heterocycles. The van der Waals surface area contributed by atoms with Crippen LogP contribution in [0.5, 0.6) is 0 Å². The molecule has 0 bridgehead atoms. The summed E-state index contributed by atoms with van der Waals surface area (Å²) in [6.07, 6.45) is 4.02. The molecule has 0 spiro atoms. The van der Waals surface area contributed by atoms with Crippen molar-refractivity contribution < 1.29 is 4.74 Å². The van der Waals surface area contributed by atoms with Crippen molar-refractivity contribution >= 4 is 11.8 Å². The third-order valence-electron chi connectivity index (χ3n) is 3.08. The molecule has 1 N–H and O–H groups in total. The summed E-state index contributed by atoms with van der Waals surface area (Å²) in [6, 6.07) is 0.709. The molecule has 3 heteroatoms. The Morgan fingerprint density at radius 1 is 1.54 bits per heavy atom. The van der Waals surface area contributed by atoms with Gasteiger partial charge in [-0.1, -0.05) is 6.92 Å². The topological polar surface area (TPSA) is 21.3 Å². The van der Waals surface area contributed by atoms with Gasteiger partial charge >= 0.3 is 0 Å². The molecule has 13 heavy (non-hydrogen) atoms. The highest BCUT2D eigenvalue weighted by molar-refractivity contribution is 8.01. The molecule has 0 amide bonds. The molecular formula is C10H19NOS. The lowest BCUT2D eigenvalue weighted by Gasteiger charge is -2.28. The van der Waals surface area contributed by atoms with Crippen molar-refractivity contribution in [3.8, 4) is 0 Å². The smallest absolute Gasteiger partial charge is 0.0912 e. The lowest BCUT2D eigenvalue weighted by Crippen LogP contribution is -2.47. The second-order valence-corrected chi connectivity index (χ2v) is 5.51. The first-order chi connectivity index (χ1) is 6.30. The molecule has 2 nitrogen and oxygen atoms in total. The van der Waals surface area contributed by atoms with Crippen LogP contribution in [-0.2, 0) is 4.74 Å². The maximum atomic E-state index is 5.34. The van der Waals surface area contributed by atoms with Gasteiger partial charge < -0.3 is 4.74 Å². The summed E-state index contributed by atoms with van der Waals surface area (Å²) < 4.78 is 5.34. The van der Waals surface area contributed by atoms with Crippen LogP contribution in [0.1, 0.15) is 26.2 Å². The summed E-state index contributed by atoms with van der Waals surface area (Å²) in [7, 11) is 1.81.